The van der Waals surface area contributed by atoms with Crippen LogP contribution in [-0.4, -0.2) is 37.1 Å². The lowest BCUT2D eigenvalue weighted by molar-refractivity contribution is 0.196. The fourth-order valence-corrected chi connectivity index (χ4v) is 3.80. The number of nitrogens with zero attached hydrogens (tertiary/aromatic N) is 1. The fraction of sp³-hybridized carbons (Fsp3) is 0.647. The summed E-state index contributed by atoms with van der Waals surface area (Å²) in [7, 11) is 0. The summed E-state index contributed by atoms with van der Waals surface area (Å²) in [6, 6.07) is 11.8. The maximum absolute atomic E-state index is 3.47. The highest BCUT2D eigenvalue weighted by Crippen LogP contribution is 2.34. The molecule has 2 fully saturated rings. The minimum atomic E-state index is 0. The van der Waals surface area contributed by atoms with Crippen molar-refractivity contribution in [3.05, 3.63) is 35.9 Å². The average molecular weight is 295 g/mol. The Balaban J connectivity index is 0.00000147. The lowest BCUT2D eigenvalue weighted by Crippen LogP contribution is -2.38. The van der Waals surface area contributed by atoms with Gasteiger partial charge in [-0.3, -0.25) is 4.90 Å². The molecule has 2 unspecified atom stereocenters. The first-order chi connectivity index (χ1) is 9.34. The summed E-state index contributed by atoms with van der Waals surface area (Å²) in [4.78, 5) is 2.73. The molecular weight excluding hydrogens is 268 g/mol. The molecule has 0 aliphatic carbocycles. The normalized spacial score (nSPS) is 28.2. The molecule has 1 aromatic rings. The van der Waals surface area contributed by atoms with E-state index in [9.17, 15) is 0 Å². The number of halogens is 1. The lowest BCUT2D eigenvalue weighted by atomic mass is 9.92. The van der Waals surface area contributed by atoms with Crippen LogP contribution in [0, 0.1) is 5.92 Å². The minimum absolute atomic E-state index is 0. The van der Waals surface area contributed by atoms with Gasteiger partial charge in [-0.05, 0) is 57.3 Å². The van der Waals surface area contributed by atoms with Crippen LogP contribution in [-0.2, 0) is 0 Å². The first-order valence-corrected chi connectivity index (χ1v) is 7.84. The zero-order valence-electron chi connectivity index (χ0n) is 12.4. The Bertz CT molecular complexity index is 389. The Morgan fingerprint density at radius 3 is 2.50 bits per heavy atom. The fourth-order valence-electron chi connectivity index (χ4n) is 3.80. The second-order valence-corrected chi connectivity index (χ2v) is 6.23. The molecule has 2 aliphatic rings. The van der Waals surface area contributed by atoms with E-state index in [0.29, 0.717) is 6.04 Å². The van der Waals surface area contributed by atoms with Gasteiger partial charge in [0.25, 0.3) is 0 Å². The molecule has 0 spiro atoms. The lowest BCUT2D eigenvalue weighted by Gasteiger charge is -2.31. The molecular formula is C17H27ClN2. The topological polar surface area (TPSA) is 15.3 Å². The van der Waals surface area contributed by atoms with Gasteiger partial charge in [-0.2, -0.15) is 0 Å². The molecule has 2 atom stereocenters. The zero-order valence-corrected chi connectivity index (χ0v) is 13.2. The van der Waals surface area contributed by atoms with E-state index in [0.717, 1.165) is 11.8 Å². The number of nitrogens with one attached hydrogen (secondary N) is 1. The third kappa shape index (κ3) is 3.55. The van der Waals surface area contributed by atoms with Crippen LogP contribution in [0.15, 0.2) is 30.3 Å². The smallest absolute Gasteiger partial charge is 0.0136 e. The Morgan fingerprint density at radius 2 is 1.80 bits per heavy atom. The number of hydrogen-bond acceptors (Lipinski definition) is 2. The molecule has 1 N–H and O–H groups in total. The Labute approximate surface area is 129 Å². The van der Waals surface area contributed by atoms with Crippen LogP contribution in [0.3, 0.4) is 0 Å². The maximum Gasteiger partial charge on any atom is 0.0136 e. The molecule has 0 bridgehead atoms. The van der Waals surface area contributed by atoms with Crippen LogP contribution >= 0.6 is 12.4 Å². The number of hydrogen-bond donors (Lipinski definition) is 1. The van der Waals surface area contributed by atoms with Gasteiger partial charge in [-0.25, -0.2) is 0 Å². The van der Waals surface area contributed by atoms with Gasteiger partial charge in [0.05, 0.1) is 0 Å². The largest absolute Gasteiger partial charge is 0.317 e. The van der Waals surface area contributed by atoms with Crippen LogP contribution in [0.2, 0.25) is 0 Å². The van der Waals surface area contributed by atoms with E-state index in [1.54, 1.807) is 0 Å². The van der Waals surface area contributed by atoms with Crippen molar-refractivity contribution in [3.63, 3.8) is 0 Å². The van der Waals surface area contributed by atoms with Crippen LogP contribution in [0.1, 0.15) is 37.7 Å². The average Bonchev–Trinajstić information content (AvgIpc) is 2.82. The quantitative estimate of drug-likeness (QED) is 0.920. The Kier molecular flexibility index (Phi) is 5.88. The third-order valence-electron chi connectivity index (χ3n) is 5.06. The van der Waals surface area contributed by atoms with Crippen molar-refractivity contribution in [2.45, 2.75) is 38.1 Å². The molecule has 2 heterocycles. The first kappa shape index (κ1) is 15.8. The van der Waals surface area contributed by atoms with Crippen LogP contribution in [0.4, 0.5) is 0 Å². The second kappa shape index (κ2) is 7.44. The Hall–Kier alpha value is -0.570. The maximum atomic E-state index is 3.47. The third-order valence-corrected chi connectivity index (χ3v) is 5.06. The van der Waals surface area contributed by atoms with Crippen molar-refractivity contribution in [1.29, 1.82) is 0 Å². The van der Waals surface area contributed by atoms with Gasteiger partial charge in [0.1, 0.15) is 0 Å². The molecule has 2 aliphatic heterocycles. The van der Waals surface area contributed by atoms with Gasteiger partial charge in [-0.15, -0.1) is 12.4 Å². The van der Waals surface area contributed by atoms with Gasteiger partial charge >= 0.3 is 0 Å². The van der Waals surface area contributed by atoms with Crippen molar-refractivity contribution in [1.82, 2.24) is 10.2 Å². The number of rotatable bonds is 3. The van der Waals surface area contributed by atoms with Crippen LogP contribution < -0.4 is 5.32 Å². The predicted molar refractivity (Wildman–Crippen MR) is 87.7 cm³/mol. The van der Waals surface area contributed by atoms with Crippen molar-refractivity contribution >= 4 is 12.4 Å². The van der Waals surface area contributed by atoms with E-state index in [4.69, 9.17) is 0 Å². The molecule has 0 radical (unpaired) electrons. The molecule has 3 heteroatoms. The van der Waals surface area contributed by atoms with Crippen molar-refractivity contribution < 1.29 is 0 Å². The van der Waals surface area contributed by atoms with E-state index >= 15 is 0 Å². The molecule has 2 nitrogen and oxygen atoms in total. The molecule has 0 aromatic heterocycles. The van der Waals surface area contributed by atoms with Gasteiger partial charge < -0.3 is 5.32 Å². The van der Waals surface area contributed by atoms with E-state index in [2.05, 4.69) is 47.5 Å². The first-order valence-electron chi connectivity index (χ1n) is 7.84. The molecule has 3 rings (SSSR count). The van der Waals surface area contributed by atoms with Gasteiger partial charge in [0, 0.05) is 18.5 Å². The van der Waals surface area contributed by atoms with Crippen molar-refractivity contribution in [2.24, 2.45) is 5.92 Å². The molecule has 112 valence electrons. The summed E-state index contributed by atoms with van der Waals surface area (Å²) in [5.41, 5.74) is 1.53. The van der Waals surface area contributed by atoms with Crippen LogP contribution in [0.25, 0.3) is 0 Å². The monoisotopic (exact) mass is 294 g/mol. The summed E-state index contributed by atoms with van der Waals surface area (Å²) in [5.74, 6) is 1.65. The summed E-state index contributed by atoms with van der Waals surface area (Å²) in [5, 5.41) is 3.47. The summed E-state index contributed by atoms with van der Waals surface area (Å²) < 4.78 is 0. The SMILES string of the molecule is CC1C(c2ccccc2)CCN1CC1CCNCC1.Cl. The minimum Gasteiger partial charge on any atom is -0.317 e. The van der Waals surface area contributed by atoms with Gasteiger partial charge in [-0.1, -0.05) is 30.3 Å². The van der Waals surface area contributed by atoms with E-state index < -0.39 is 0 Å². The van der Waals surface area contributed by atoms with Gasteiger partial charge in [0.15, 0.2) is 0 Å². The summed E-state index contributed by atoms with van der Waals surface area (Å²) in [6.45, 7) is 7.45. The standard InChI is InChI=1S/C17H26N2.ClH/c1-14-17(16-5-3-2-4-6-16)9-12-19(14)13-15-7-10-18-11-8-15;/h2-6,14-15,17-18H,7-13H2,1H3;1H. The summed E-state index contributed by atoms with van der Waals surface area (Å²) in [6.07, 6.45) is 4.05. The van der Waals surface area contributed by atoms with Crippen molar-refractivity contribution in [2.75, 3.05) is 26.2 Å². The molecule has 2 saturated heterocycles. The highest BCUT2D eigenvalue weighted by Gasteiger charge is 2.32. The molecule has 1 aromatic carbocycles. The van der Waals surface area contributed by atoms with E-state index in [1.807, 2.05) is 0 Å². The Morgan fingerprint density at radius 1 is 1.10 bits per heavy atom. The van der Waals surface area contributed by atoms with Gasteiger partial charge in [0.2, 0.25) is 0 Å². The number of likely N-dealkylation sites (tertiary alicyclic amines) is 1. The predicted octanol–water partition coefficient (Wildman–Crippen LogP) is 3.29. The highest BCUT2D eigenvalue weighted by molar-refractivity contribution is 5.85. The number of piperidine rings is 1. The van der Waals surface area contributed by atoms with Crippen molar-refractivity contribution in [3.8, 4) is 0 Å². The highest BCUT2D eigenvalue weighted by atomic mass is 35.5. The number of benzene rings is 1. The molecule has 20 heavy (non-hydrogen) atoms. The second-order valence-electron chi connectivity index (χ2n) is 6.23. The summed E-state index contributed by atoms with van der Waals surface area (Å²) >= 11 is 0. The molecule has 0 saturated carbocycles. The van der Waals surface area contributed by atoms with E-state index in [-0.39, 0.29) is 12.4 Å². The van der Waals surface area contributed by atoms with Crippen LogP contribution in [0.5, 0.6) is 0 Å². The molecule has 0 amide bonds. The van der Waals surface area contributed by atoms with E-state index in [1.165, 1.54) is 51.0 Å². The zero-order chi connectivity index (χ0) is 13.1.